The molecule has 0 spiro atoms. The summed E-state index contributed by atoms with van der Waals surface area (Å²) in [5.41, 5.74) is 6.15. The fraction of sp³-hybridized carbons (Fsp3) is 0.483. The van der Waals surface area contributed by atoms with E-state index >= 15 is 0 Å². The molecule has 1 aromatic carbocycles. The van der Waals surface area contributed by atoms with Crippen molar-refractivity contribution in [2.75, 3.05) is 37.6 Å². The number of rotatable bonds is 4. The Morgan fingerprint density at radius 2 is 1.92 bits per heavy atom. The molecule has 1 unspecified atom stereocenters. The van der Waals surface area contributed by atoms with Gasteiger partial charge in [-0.1, -0.05) is 26.0 Å². The number of benzene rings is 1. The van der Waals surface area contributed by atoms with Crippen molar-refractivity contribution in [3.63, 3.8) is 0 Å². The van der Waals surface area contributed by atoms with E-state index in [1.165, 1.54) is 17.7 Å². The molecule has 0 radical (unpaired) electrons. The van der Waals surface area contributed by atoms with E-state index in [0.717, 1.165) is 47.8 Å². The highest BCUT2D eigenvalue weighted by molar-refractivity contribution is 5.97. The molecule has 1 fully saturated rings. The Kier molecular flexibility index (Phi) is 8.09. The predicted molar refractivity (Wildman–Crippen MR) is 145 cm³/mol. The number of hydrogen-bond acceptors (Lipinski definition) is 5. The Balaban J connectivity index is 0.000000342. The van der Waals surface area contributed by atoms with Gasteiger partial charge in [0.15, 0.2) is 0 Å². The summed E-state index contributed by atoms with van der Waals surface area (Å²) in [7, 11) is 1.93. The number of carbonyl (C=O) groups excluding carboxylic acids is 1. The number of piperazine rings is 1. The zero-order chi connectivity index (χ0) is 26.7. The Morgan fingerprint density at radius 1 is 1.19 bits per heavy atom. The van der Waals surface area contributed by atoms with Crippen LogP contribution in [0.5, 0.6) is 0 Å². The summed E-state index contributed by atoms with van der Waals surface area (Å²) in [6, 6.07) is 9.02. The number of aromatic nitrogens is 3. The molecule has 1 saturated heterocycles. The molecule has 4 heterocycles. The first-order valence-electron chi connectivity index (χ1n) is 13.0. The molecule has 3 aromatic rings. The lowest BCUT2D eigenvalue weighted by molar-refractivity contribution is -0.120. The van der Waals surface area contributed by atoms with Gasteiger partial charge in [-0.2, -0.15) is 5.10 Å². The first-order valence-corrected chi connectivity index (χ1v) is 13.0. The van der Waals surface area contributed by atoms with Crippen LogP contribution in [0.25, 0.3) is 0 Å². The molecule has 1 amide bonds. The van der Waals surface area contributed by atoms with Gasteiger partial charge in [0.25, 0.3) is 0 Å². The largest absolute Gasteiger partial charge is 0.312 e. The molecule has 0 bridgehead atoms. The molecular formula is C29H39FN6O. The van der Waals surface area contributed by atoms with Crippen LogP contribution >= 0.6 is 0 Å². The van der Waals surface area contributed by atoms with E-state index in [4.69, 9.17) is 4.98 Å². The minimum Gasteiger partial charge on any atom is -0.312 e. The SMILES string of the molecule is CC1CN(CC(=O)N2CC(C)(C)c3ncc(Cc4ccc(F)cc4)cc32)CCN1.Cc1cn(C)nc1C. The summed E-state index contributed by atoms with van der Waals surface area (Å²) >= 11 is 0. The minimum atomic E-state index is -0.235. The summed E-state index contributed by atoms with van der Waals surface area (Å²) in [6.07, 6.45) is 4.56. The Morgan fingerprint density at radius 3 is 2.51 bits per heavy atom. The second-order valence-electron chi connectivity index (χ2n) is 11.0. The molecule has 0 aliphatic carbocycles. The Bertz CT molecular complexity index is 1220. The second-order valence-corrected chi connectivity index (χ2v) is 11.0. The number of hydrogen-bond donors (Lipinski definition) is 1. The number of nitrogens with one attached hydrogen (secondary N) is 1. The van der Waals surface area contributed by atoms with Crippen molar-refractivity contribution >= 4 is 11.6 Å². The highest BCUT2D eigenvalue weighted by atomic mass is 19.1. The third-order valence-corrected chi connectivity index (χ3v) is 7.10. The molecular weight excluding hydrogens is 467 g/mol. The minimum absolute atomic E-state index is 0.131. The fourth-order valence-electron chi connectivity index (χ4n) is 5.08. The number of fused-ring (bicyclic) bond motifs is 1. The van der Waals surface area contributed by atoms with E-state index in [1.54, 1.807) is 12.1 Å². The Hall–Kier alpha value is -3.10. The summed E-state index contributed by atoms with van der Waals surface area (Å²) in [5, 5.41) is 7.54. The third kappa shape index (κ3) is 6.62. The number of carbonyl (C=O) groups is 1. The summed E-state index contributed by atoms with van der Waals surface area (Å²) in [5.74, 6) is -0.103. The van der Waals surface area contributed by atoms with Gasteiger partial charge in [0.1, 0.15) is 5.82 Å². The summed E-state index contributed by atoms with van der Waals surface area (Å²) in [6.45, 7) is 14.3. The van der Waals surface area contributed by atoms with Crippen LogP contribution in [0.2, 0.25) is 0 Å². The van der Waals surface area contributed by atoms with E-state index < -0.39 is 0 Å². The van der Waals surface area contributed by atoms with Gasteiger partial charge in [0, 0.05) is 57.1 Å². The molecule has 0 saturated carbocycles. The smallest absolute Gasteiger partial charge is 0.241 e. The predicted octanol–water partition coefficient (Wildman–Crippen LogP) is 3.77. The lowest BCUT2D eigenvalue weighted by atomic mass is 9.91. The number of anilines is 1. The van der Waals surface area contributed by atoms with Crippen molar-refractivity contribution in [2.24, 2.45) is 7.05 Å². The topological polar surface area (TPSA) is 66.3 Å². The average Bonchev–Trinajstić information content (AvgIpc) is 3.28. The first-order chi connectivity index (χ1) is 17.5. The normalized spacial score (nSPS) is 18.8. The zero-order valence-electron chi connectivity index (χ0n) is 22.9. The van der Waals surface area contributed by atoms with Crippen molar-refractivity contribution in [3.8, 4) is 0 Å². The molecule has 7 nitrogen and oxygen atoms in total. The highest BCUT2D eigenvalue weighted by Crippen LogP contribution is 2.39. The lowest BCUT2D eigenvalue weighted by Crippen LogP contribution is -2.52. The fourth-order valence-corrected chi connectivity index (χ4v) is 5.08. The third-order valence-electron chi connectivity index (χ3n) is 7.10. The van der Waals surface area contributed by atoms with Crippen molar-refractivity contribution in [1.29, 1.82) is 0 Å². The van der Waals surface area contributed by atoms with Crippen LogP contribution in [0.15, 0.2) is 42.7 Å². The van der Waals surface area contributed by atoms with Crippen LogP contribution in [0, 0.1) is 19.7 Å². The molecule has 2 aromatic heterocycles. The molecule has 37 heavy (non-hydrogen) atoms. The molecule has 1 N–H and O–H groups in total. The number of aryl methyl sites for hydroxylation is 3. The van der Waals surface area contributed by atoms with Gasteiger partial charge in [-0.05, 0) is 62.1 Å². The van der Waals surface area contributed by atoms with Crippen molar-refractivity contribution in [2.45, 2.75) is 52.5 Å². The van der Waals surface area contributed by atoms with Crippen LogP contribution in [-0.4, -0.2) is 64.3 Å². The highest BCUT2D eigenvalue weighted by Gasteiger charge is 2.40. The number of nitrogens with zero attached hydrogens (tertiary/aromatic N) is 5. The maximum atomic E-state index is 13.2. The van der Waals surface area contributed by atoms with Crippen LogP contribution in [0.1, 0.15) is 48.8 Å². The van der Waals surface area contributed by atoms with E-state index in [-0.39, 0.29) is 17.1 Å². The van der Waals surface area contributed by atoms with Crippen LogP contribution in [0.3, 0.4) is 0 Å². The number of amides is 1. The standard InChI is InChI=1S/C23H29FN4O.C6H10N2/c1-16-13-27(9-8-25-16)14-21(29)28-15-23(2,3)22-20(28)11-18(12-26-22)10-17-4-6-19(24)7-5-17;1-5-4-8(3)7-6(5)2/h4-7,11-12,16,25H,8-10,13-15H2,1-3H3;4H,1-3H3. The second kappa shape index (κ2) is 11.1. The number of pyridine rings is 1. The quantitative estimate of drug-likeness (QED) is 0.584. The maximum Gasteiger partial charge on any atom is 0.241 e. The summed E-state index contributed by atoms with van der Waals surface area (Å²) < 4.78 is 15.0. The van der Waals surface area contributed by atoms with Gasteiger partial charge in [-0.15, -0.1) is 0 Å². The van der Waals surface area contributed by atoms with Gasteiger partial charge in [-0.25, -0.2) is 4.39 Å². The molecule has 2 aliphatic heterocycles. The lowest BCUT2D eigenvalue weighted by Gasteiger charge is -2.32. The molecule has 198 valence electrons. The Labute approximate surface area is 219 Å². The monoisotopic (exact) mass is 506 g/mol. The van der Waals surface area contributed by atoms with Gasteiger partial charge in [0.05, 0.1) is 23.6 Å². The van der Waals surface area contributed by atoms with Gasteiger partial charge in [0.2, 0.25) is 5.91 Å². The van der Waals surface area contributed by atoms with E-state index in [9.17, 15) is 9.18 Å². The van der Waals surface area contributed by atoms with Gasteiger partial charge < -0.3 is 10.2 Å². The van der Waals surface area contributed by atoms with Crippen LogP contribution in [-0.2, 0) is 23.7 Å². The molecule has 1 atom stereocenters. The maximum absolute atomic E-state index is 13.2. The van der Waals surface area contributed by atoms with Crippen molar-refractivity contribution in [1.82, 2.24) is 25.0 Å². The van der Waals surface area contributed by atoms with E-state index in [2.05, 4.69) is 49.1 Å². The zero-order valence-corrected chi connectivity index (χ0v) is 22.9. The first kappa shape index (κ1) is 26.9. The summed E-state index contributed by atoms with van der Waals surface area (Å²) in [4.78, 5) is 22.0. The van der Waals surface area contributed by atoms with Gasteiger partial charge in [-0.3, -0.25) is 19.4 Å². The number of halogens is 1. The van der Waals surface area contributed by atoms with Crippen LogP contribution in [0.4, 0.5) is 10.1 Å². The van der Waals surface area contributed by atoms with E-state index in [1.807, 2.05) is 35.9 Å². The van der Waals surface area contributed by atoms with Gasteiger partial charge >= 0.3 is 0 Å². The average molecular weight is 507 g/mol. The molecule has 8 heteroatoms. The molecule has 5 rings (SSSR count). The van der Waals surface area contributed by atoms with Crippen LogP contribution < -0.4 is 10.2 Å². The van der Waals surface area contributed by atoms with E-state index in [0.29, 0.717) is 25.6 Å². The molecule has 2 aliphatic rings. The van der Waals surface area contributed by atoms with Crippen molar-refractivity contribution in [3.05, 3.63) is 76.6 Å². The van der Waals surface area contributed by atoms with Crippen molar-refractivity contribution < 1.29 is 9.18 Å².